The predicted molar refractivity (Wildman–Crippen MR) is 204 cm³/mol. The van der Waals surface area contributed by atoms with Gasteiger partial charge in [-0.15, -0.1) is 11.3 Å². The largest absolute Gasteiger partial charge is 0.377 e. The Hall–Kier alpha value is -4.47. The normalized spacial score (nSPS) is 21.4. The molecule has 52 heavy (non-hydrogen) atoms. The number of benzene rings is 5. The van der Waals surface area contributed by atoms with E-state index in [1.165, 1.54) is 11.3 Å². The SMILES string of the molecule is O[C@@](c1ccccc1)(c1nccs1)[C@@H]1C[C@H](COCc2ccccc2)[C@@H](OCc2ccccc2)[C@H](OCc2ccccc2)[C@H]1OCc1ccccc1. The third kappa shape index (κ3) is 8.76. The maximum absolute atomic E-state index is 13.3. The quantitative estimate of drug-likeness (QED) is 0.108. The summed E-state index contributed by atoms with van der Waals surface area (Å²) >= 11 is 1.45. The van der Waals surface area contributed by atoms with Gasteiger partial charge in [-0.25, -0.2) is 4.98 Å². The summed E-state index contributed by atoms with van der Waals surface area (Å²) in [4.78, 5) is 4.74. The van der Waals surface area contributed by atoms with Gasteiger partial charge in [-0.3, -0.25) is 0 Å². The van der Waals surface area contributed by atoms with Crippen LogP contribution in [0.1, 0.15) is 39.2 Å². The number of rotatable bonds is 16. The summed E-state index contributed by atoms with van der Waals surface area (Å²) in [5, 5.41) is 15.8. The molecule has 0 bridgehead atoms. The topological polar surface area (TPSA) is 70.0 Å². The minimum Gasteiger partial charge on any atom is -0.377 e. The van der Waals surface area contributed by atoms with Crippen molar-refractivity contribution in [3.05, 3.63) is 196 Å². The molecule has 266 valence electrons. The highest BCUT2D eigenvalue weighted by Crippen LogP contribution is 2.49. The van der Waals surface area contributed by atoms with Crippen LogP contribution >= 0.6 is 11.3 Å². The van der Waals surface area contributed by atoms with E-state index in [1.54, 1.807) is 6.20 Å². The number of hydrogen-bond acceptors (Lipinski definition) is 7. The molecular weight excluding hydrogens is 667 g/mol. The second-order valence-electron chi connectivity index (χ2n) is 13.4. The van der Waals surface area contributed by atoms with Crippen molar-refractivity contribution in [1.29, 1.82) is 0 Å². The Balaban J connectivity index is 1.31. The first-order valence-corrected chi connectivity index (χ1v) is 18.8. The third-order valence-corrected chi connectivity index (χ3v) is 10.8. The molecular formula is C45H45NO5S. The molecule has 0 amide bonds. The van der Waals surface area contributed by atoms with Crippen LogP contribution in [0.3, 0.4) is 0 Å². The lowest BCUT2D eigenvalue weighted by Crippen LogP contribution is -2.60. The maximum atomic E-state index is 13.3. The molecule has 1 fully saturated rings. The van der Waals surface area contributed by atoms with Crippen LogP contribution in [-0.4, -0.2) is 35.0 Å². The van der Waals surface area contributed by atoms with E-state index in [0.717, 1.165) is 27.8 Å². The average Bonchev–Trinajstić information content (AvgIpc) is 3.77. The van der Waals surface area contributed by atoms with E-state index in [0.29, 0.717) is 44.5 Å². The highest BCUT2D eigenvalue weighted by molar-refractivity contribution is 7.09. The number of hydrogen-bond donors (Lipinski definition) is 1. The van der Waals surface area contributed by atoms with Gasteiger partial charge in [0.2, 0.25) is 0 Å². The third-order valence-electron chi connectivity index (χ3n) is 9.87. The molecule has 1 aliphatic rings. The van der Waals surface area contributed by atoms with E-state index >= 15 is 0 Å². The van der Waals surface area contributed by atoms with Crippen LogP contribution in [0.4, 0.5) is 0 Å². The molecule has 0 spiro atoms. The van der Waals surface area contributed by atoms with Gasteiger partial charge in [-0.05, 0) is 34.2 Å². The molecule has 7 rings (SSSR count). The molecule has 1 saturated carbocycles. The Labute approximate surface area is 310 Å². The lowest BCUT2D eigenvalue weighted by atomic mass is 9.66. The van der Waals surface area contributed by atoms with E-state index in [4.69, 9.17) is 23.9 Å². The van der Waals surface area contributed by atoms with Crippen LogP contribution in [0.25, 0.3) is 0 Å². The summed E-state index contributed by atoms with van der Waals surface area (Å²) in [6.07, 6.45) is 0.750. The van der Waals surface area contributed by atoms with Gasteiger partial charge in [-0.2, -0.15) is 0 Å². The van der Waals surface area contributed by atoms with Crippen LogP contribution in [0, 0.1) is 11.8 Å². The molecule has 0 radical (unpaired) electrons. The van der Waals surface area contributed by atoms with Crippen molar-refractivity contribution in [3.63, 3.8) is 0 Å². The Morgan fingerprint density at radius 2 is 1.00 bits per heavy atom. The Morgan fingerprint density at radius 3 is 1.48 bits per heavy atom. The molecule has 7 heteroatoms. The predicted octanol–water partition coefficient (Wildman–Crippen LogP) is 8.99. The second kappa shape index (κ2) is 17.8. The molecule has 1 aliphatic carbocycles. The van der Waals surface area contributed by atoms with Crippen molar-refractivity contribution in [2.45, 2.75) is 56.8 Å². The van der Waals surface area contributed by atoms with Gasteiger partial charge in [0.1, 0.15) is 16.7 Å². The van der Waals surface area contributed by atoms with Crippen molar-refractivity contribution < 1.29 is 24.1 Å². The minimum absolute atomic E-state index is 0.148. The molecule has 6 nitrogen and oxygen atoms in total. The van der Waals surface area contributed by atoms with Gasteiger partial charge >= 0.3 is 0 Å². The zero-order valence-electron chi connectivity index (χ0n) is 29.2. The van der Waals surface area contributed by atoms with Crippen molar-refractivity contribution in [1.82, 2.24) is 4.98 Å². The first-order chi connectivity index (χ1) is 25.7. The second-order valence-corrected chi connectivity index (χ2v) is 14.3. The first-order valence-electron chi connectivity index (χ1n) is 17.9. The van der Waals surface area contributed by atoms with E-state index < -0.39 is 29.8 Å². The molecule has 1 aromatic heterocycles. The molecule has 0 aliphatic heterocycles. The average molecular weight is 712 g/mol. The summed E-state index contributed by atoms with van der Waals surface area (Å²) in [7, 11) is 0. The van der Waals surface area contributed by atoms with E-state index in [-0.39, 0.29) is 5.92 Å². The molecule has 6 aromatic rings. The van der Waals surface area contributed by atoms with Crippen molar-refractivity contribution in [2.24, 2.45) is 11.8 Å². The highest BCUT2D eigenvalue weighted by atomic mass is 32.1. The van der Waals surface area contributed by atoms with Crippen molar-refractivity contribution in [3.8, 4) is 0 Å². The van der Waals surface area contributed by atoms with Gasteiger partial charge in [0, 0.05) is 23.4 Å². The van der Waals surface area contributed by atoms with Crippen LogP contribution in [0.5, 0.6) is 0 Å². The van der Waals surface area contributed by atoms with Crippen LogP contribution in [0.2, 0.25) is 0 Å². The molecule has 1 heterocycles. The Bertz CT molecular complexity index is 1880. The van der Waals surface area contributed by atoms with Crippen LogP contribution in [0.15, 0.2) is 163 Å². The molecule has 1 N–H and O–H groups in total. The summed E-state index contributed by atoms with van der Waals surface area (Å²) < 4.78 is 27.5. The van der Waals surface area contributed by atoms with E-state index in [1.807, 2.05) is 109 Å². The zero-order valence-corrected chi connectivity index (χ0v) is 30.0. The van der Waals surface area contributed by atoms with Crippen molar-refractivity contribution >= 4 is 11.3 Å². The zero-order chi connectivity index (χ0) is 35.4. The molecule has 0 saturated heterocycles. The monoisotopic (exact) mass is 711 g/mol. The smallest absolute Gasteiger partial charge is 0.146 e. The van der Waals surface area contributed by atoms with Gasteiger partial charge in [-0.1, -0.05) is 152 Å². The first kappa shape index (κ1) is 35.9. The number of aliphatic hydroxyl groups is 1. The van der Waals surface area contributed by atoms with Crippen LogP contribution < -0.4 is 0 Å². The fourth-order valence-corrected chi connectivity index (χ4v) is 8.11. The highest BCUT2D eigenvalue weighted by Gasteiger charge is 2.56. The van der Waals surface area contributed by atoms with Gasteiger partial charge in [0.25, 0.3) is 0 Å². The number of thiazole rings is 1. The number of nitrogens with zero attached hydrogens (tertiary/aromatic N) is 1. The fraction of sp³-hybridized carbons (Fsp3) is 0.267. The molecule has 0 unspecified atom stereocenters. The summed E-state index contributed by atoms with van der Waals surface area (Å²) in [5.41, 5.74) is 3.53. The van der Waals surface area contributed by atoms with Gasteiger partial charge < -0.3 is 24.1 Å². The van der Waals surface area contributed by atoms with Crippen molar-refractivity contribution in [2.75, 3.05) is 6.61 Å². The lowest BCUT2D eigenvalue weighted by Gasteiger charge is -2.51. The summed E-state index contributed by atoms with van der Waals surface area (Å²) in [6, 6.07) is 50.6. The van der Waals surface area contributed by atoms with E-state index in [9.17, 15) is 5.11 Å². The maximum Gasteiger partial charge on any atom is 0.146 e. The van der Waals surface area contributed by atoms with Crippen LogP contribution in [-0.2, 0) is 51.0 Å². The standard InChI is InChI=1S/C45H45NO5S/c47-45(44-46-26-27-52-44,39-24-14-5-15-25-39)40-28-38(33-48-29-34-16-6-1-7-17-34)41(49-30-35-18-8-2-9-19-35)43(51-32-37-22-12-4-13-23-37)42(40)50-31-36-20-10-3-11-21-36/h1-27,38,40-43,47H,28-33H2/t38-,40-,41-,42+,43+,45-/m1/s1. The Kier molecular flexibility index (Phi) is 12.3. The molecule has 5 aromatic carbocycles. The summed E-state index contributed by atoms with van der Waals surface area (Å²) in [5.74, 6) is -0.614. The summed E-state index contributed by atoms with van der Waals surface area (Å²) in [6.45, 7) is 1.97. The van der Waals surface area contributed by atoms with E-state index in [2.05, 4.69) is 48.5 Å². The van der Waals surface area contributed by atoms with Gasteiger partial charge in [0.05, 0.1) is 45.2 Å². The number of aromatic nitrogens is 1. The molecule has 6 atom stereocenters. The fourth-order valence-electron chi connectivity index (χ4n) is 7.28. The number of ether oxygens (including phenoxy) is 4. The lowest BCUT2D eigenvalue weighted by molar-refractivity contribution is -0.233. The Morgan fingerprint density at radius 1 is 0.558 bits per heavy atom. The van der Waals surface area contributed by atoms with Gasteiger partial charge in [0.15, 0.2) is 0 Å². The minimum atomic E-state index is -1.48.